The van der Waals surface area contributed by atoms with Gasteiger partial charge in [0, 0.05) is 13.1 Å². The number of ether oxygens (including phenoxy) is 1. The molecule has 0 unspecified atom stereocenters. The highest BCUT2D eigenvalue weighted by Crippen LogP contribution is 2.27. The molecule has 2 aromatic rings. The van der Waals surface area contributed by atoms with Crippen molar-refractivity contribution >= 4 is 34.8 Å². The highest BCUT2D eigenvalue weighted by atomic mass is 35.5. The van der Waals surface area contributed by atoms with Crippen molar-refractivity contribution in [1.29, 1.82) is 0 Å². The molecule has 0 saturated carbocycles. The van der Waals surface area contributed by atoms with Crippen molar-refractivity contribution in [3.8, 4) is 5.88 Å². The molecule has 144 valence electrons. The number of aryl methyl sites for hydroxylation is 1. The van der Waals surface area contributed by atoms with Crippen LogP contribution in [0.5, 0.6) is 5.88 Å². The topological polar surface area (TPSA) is 80.3 Å². The van der Waals surface area contributed by atoms with Gasteiger partial charge in [0.05, 0.1) is 16.9 Å². The maximum atomic E-state index is 12.4. The van der Waals surface area contributed by atoms with Crippen LogP contribution in [0.2, 0.25) is 5.02 Å². The second kappa shape index (κ2) is 8.26. The summed E-state index contributed by atoms with van der Waals surface area (Å²) in [6.07, 6.45) is -3.49. The van der Waals surface area contributed by atoms with Crippen LogP contribution in [0.3, 0.4) is 0 Å². The van der Waals surface area contributed by atoms with E-state index in [9.17, 15) is 22.8 Å². The van der Waals surface area contributed by atoms with Crippen LogP contribution in [-0.4, -0.2) is 29.6 Å². The largest absolute Gasteiger partial charge is 0.467 e. The van der Waals surface area contributed by atoms with Gasteiger partial charge >= 0.3 is 6.18 Å². The molecule has 10 heteroatoms. The quantitative estimate of drug-likeness (QED) is 0.787. The average Bonchev–Trinajstić information content (AvgIpc) is 2.55. The fraction of sp³-hybridized carbons (Fsp3) is 0.235. The molecule has 0 aliphatic heterocycles. The molecular formula is C17H15ClF3N3O3. The Morgan fingerprint density at radius 2 is 1.89 bits per heavy atom. The summed E-state index contributed by atoms with van der Waals surface area (Å²) in [6.45, 7) is 1.59. The van der Waals surface area contributed by atoms with E-state index >= 15 is 0 Å². The van der Waals surface area contributed by atoms with Crippen molar-refractivity contribution < 1.29 is 27.5 Å². The Kier molecular flexibility index (Phi) is 6.27. The van der Waals surface area contributed by atoms with E-state index in [4.69, 9.17) is 11.6 Å². The number of benzene rings is 1. The van der Waals surface area contributed by atoms with Gasteiger partial charge in [0.15, 0.2) is 6.61 Å². The van der Waals surface area contributed by atoms with Gasteiger partial charge < -0.3 is 15.4 Å². The fourth-order valence-corrected chi connectivity index (χ4v) is 2.28. The first kappa shape index (κ1) is 20.5. The van der Waals surface area contributed by atoms with Crippen LogP contribution in [-0.2, 0) is 4.79 Å². The smallest absolute Gasteiger partial charge is 0.422 e. The lowest BCUT2D eigenvalue weighted by Gasteiger charge is -2.13. The molecule has 2 amide bonds. The minimum absolute atomic E-state index is 0.00893. The van der Waals surface area contributed by atoms with Gasteiger partial charge in [0.25, 0.3) is 5.91 Å². The molecule has 0 fully saturated rings. The van der Waals surface area contributed by atoms with E-state index in [-0.39, 0.29) is 16.5 Å². The molecule has 2 rings (SSSR count). The first-order valence-electron chi connectivity index (χ1n) is 7.60. The Labute approximate surface area is 157 Å². The number of nitrogens with zero attached hydrogens (tertiary/aromatic N) is 1. The number of aromatic nitrogens is 1. The molecule has 0 aliphatic rings. The highest BCUT2D eigenvalue weighted by Gasteiger charge is 2.29. The zero-order valence-electron chi connectivity index (χ0n) is 14.3. The molecule has 6 nitrogen and oxygen atoms in total. The standard InChI is InChI=1S/C17H15ClF3N3O3/c1-9-3-4-13(23-10(2)25)14(5-9)24-15(26)11-6-12(18)16(22-7-11)27-8-17(19,20)21/h3-7H,8H2,1-2H3,(H,23,25)(H,24,26). The number of amides is 2. The summed E-state index contributed by atoms with van der Waals surface area (Å²) >= 11 is 5.84. The fourth-order valence-electron chi connectivity index (χ4n) is 2.06. The van der Waals surface area contributed by atoms with Crippen molar-refractivity contribution in [2.45, 2.75) is 20.0 Å². The lowest BCUT2D eigenvalue weighted by Crippen LogP contribution is -2.20. The second-order valence-electron chi connectivity index (χ2n) is 5.60. The van der Waals surface area contributed by atoms with Gasteiger partial charge in [-0.1, -0.05) is 17.7 Å². The van der Waals surface area contributed by atoms with Gasteiger partial charge in [-0.3, -0.25) is 9.59 Å². The molecule has 1 heterocycles. The molecule has 1 aromatic carbocycles. The lowest BCUT2D eigenvalue weighted by molar-refractivity contribution is -0.154. The third-order valence-corrected chi connectivity index (χ3v) is 3.45. The monoisotopic (exact) mass is 401 g/mol. The third kappa shape index (κ3) is 6.14. The maximum absolute atomic E-state index is 12.4. The molecule has 0 bridgehead atoms. The van der Waals surface area contributed by atoms with Gasteiger partial charge in [-0.2, -0.15) is 13.2 Å². The van der Waals surface area contributed by atoms with Crippen LogP contribution in [0, 0.1) is 6.92 Å². The van der Waals surface area contributed by atoms with Crippen molar-refractivity contribution in [3.63, 3.8) is 0 Å². The molecular weight excluding hydrogens is 387 g/mol. The second-order valence-corrected chi connectivity index (χ2v) is 6.01. The summed E-state index contributed by atoms with van der Waals surface area (Å²) in [5.74, 6) is -1.35. The number of halogens is 4. The summed E-state index contributed by atoms with van der Waals surface area (Å²) in [7, 11) is 0. The van der Waals surface area contributed by atoms with Crippen molar-refractivity contribution in [3.05, 3.63) is 46.6 Å². The number of carbonyl (C=O) groups is 2. The van der Waals surface area contributed by atoms with Crippen LogP contribution >= 0.6 is 11.6 Å². The zero-order valence-corrected chi connectivity index (χ0v) is 15.0. The van der Waals surface area contributed by atoms with Crippen LogP contribution in [0.25, 0.3) is 0 Å². The predicted molar refractivity (Wildman–Crippen MR) is 94.2 cm³/mol. The van der Waals surface area contributed by atoms with E-state index in [1.165, 1.54) is 6.92 Å². The van der Waals surface area contributed by atoms with Crippen LogP contribution in [0.15, 0.2) is 30.5 Å². The lowest BCUT2D eigenvalue weighted by atomic mass is 10.1. The first-order valence-corrected chi connectivity index (χ1v) is 7.97. The van der Waals surface area contributed by atoms with Crippen LogP contribution in [0.1, 0.15) is 22.8 Å². The Morgan fingerprint density at radius 3 is 2.48 bits per heavy atom. The molecule has 0 saturated heterocycles. The van der Waals surface area contributed by atoms with Crippen LogP contribution in [0.4, 0.5) is 24.5 Å². The Morgan fingerprint density at radius 1 is 1.19 bits per heavy atom. The van der Waals surface area contributed by atoms with E-state index in [0.29, 0.717) is 11.4 Å². The number of rotatable bonds is 5. The summed E-state index contributed by atoms with van der Waals surface area (Å²) in [5.41, 5.74) is 1.59. The normalized spacial score (nSPS) is 11.0. The minimum atomic E-state index is -4.54. The van der Waals surface area contributed by atoms with Gasteiger partial charge in [-0.15, -0.1) is 0 Å². The first-order chi connectivity index (χ1) is 12.5. The molecule has 0 atom stereocenters. The molecule has 0 spiro atoms. The number of anilines is 2. The number of hydrogen-bond donors (Lipinski definition) is 2. The Bertz CT molecular complexity index is 872. The van der Waals surface area contributed by atoms with E-state index in [1.807, 2.05) is 0 Å². The SMILES string of the molecule is CC(=O)Nc1ccc(C)cc1NC(=O)c1cnc(OCC(F)(F)F)c(Cl)c1. The van der Waals surface area contributed by atoms with Gasteiger partial charge in [-0.25, -0.2) is 4.98 Å². The Hall–Kier alpha value is -2.81. The summed E-state index contributed by atoms with van der Waals surface area (Å²) in [4.78, 5) is 27.3. The van der Waals surface area contributed by atoms with Crippen molar-refractivity contribution in [1.82, 2.24) is 4.98 Å². The van der Waals surface area contributed by atoms with E-state index in [1.54, 1.807) is 25.1 Å². The van der Waals surface area contributed by atoms with Gasteiger partial charge in [0.1, 0.15) is 5.02 Å². The molecule has 2 N–H and O–H groups in total. The summed E-state index contributed by atoms with van der Waals surface area (Å²) in [5, 5.41) is 4.95. The molecule has 1 aromatic heterocycles. The van der Waals surface area contributed by atoms with E-state index in [2.05, 4.69) is 20.4 Å². The molecule has 0 aliphatic carbocycles. The maximum Gasteiger partial charge on any atom is 0.422 e. The summed E-state index contributed by atoms with van der Waals surface area (Å²) < 4.78 is 41.1. The predicted octanol–water partition coefficient (Wildman–Crippen LogP) is 4.20. The van der Waals surface area contributed by atoms with Crippen molar-refractivity contribution in [2.24, 2.45) is 0 Å². The van der Waals surface area contributed by atoms with Gasteiger partial charge in [-0.05, 0) is 30.7 Å². The van der Waals surface area contributed by atoms with Crippen LogP contribution < -0.4 is 15.4 Å². The van der Waals surface area contributed by atoms with E-state index in [0.717, 1.165) is 17.8 Å². The summed E-state index contributed by atoms with van der Waals surface area (Å²) in [6, 6.07) is 6.18. The number of nitrogens with one attached hydrogen (secondary N) is 2. The Balaban J connectivity index is 2.18. The highest BCUT2D eigenvalue weighted by molar-refractivity contribution is 6.32. The molecule has 27 heavy (non-hydrogen) atoms. The average molecular weight is 402 g/mol. The number of hydrogen-bond acceptors (Lipinski definition) is 4. The number of alkyl halides is 3. The number of pyridine rings is 1. The zero-order chi connectivity index (χ0) is 20.2. The van der Waals surface area contributed by atoms with Crippen molar-refractivity contribution in [2.75, 3.05) is 17.2 Å². The van der Waals surface area contributed by atoms with Gasteiger partial charge in [0.2, 0.25) is 11.8 Å². The van der Waals surface area contributed by atoms with E-state index < -0.39 is 24.6 Å². The third-order valence-electron chi connectivity index (χ3n) is 3.18. The molecule has 0 radical (unpaired) electrons. The minimum Gasteiger partial charge on any atom is -0.467 e. The number of carbonyl (C=O) groups excluding carboxylic acids is 2.